The fraction of sp³-hybridized carbons (Fsp3) is 0.125. The molecule has 0 aromatic heterocycles. The van der Waals surface area contributed by atoms with Crippen molar-refractivity contribution < 1.29 is 9.72 Å². The fourth-order valence-corrected chi connectivity index (χ4v) is 0.984. The van der Waals surface area contributed by atoms with Crippen molar-refractivity contribution in [2.24, 2.45) is 0 Å². The number of hydrogen-bond acceptors (Lipinski definition) is 3. The van der Waals surface area contributed by atoms with Gasteiger partial charge < -0.3 is 0 Å². The average molecular weight is 164 g/mol. The highest BCUT2D eigenvalue weighted by Crippen LogP contribution is 2.20. The zero-order chi connectivity index (χ0) is 9.14. The highest BCUT2D eigenvalue weighted by atomic mass is 16.6. The number of aryl methyl sites for hydroxylation is 1. The average Bonchev–Trinajstić information content (AvgIpc) is 2.03. The SMILES string of the molecule is Cc1cccc([C]=O)c1[N+](=O)[O-]. The van der Waals surface area contributed by atoms with E-state index in [-0.39, 0.29) is 11.3 Å². The van der Waals surface area contributed by atoms with Crippen molar-refractivity contribution in [2.45, 2.75) is 6.92 Å². The Morgan fingerprint density at radius 3 is 2.58 bits per heavy atom. The number of rotatable bonds is 2. The molecule has 0 aliphatic rings. The van der Waals surface area contributed by atoms with Crippen LogP contribution in [0.2, 0.25) is 0 Å². The molecule has 1 radical (unpaired) electrons. The lowest BCUT2D eigenvalue weighted by Gasteiger charge is -1.97. The molecule has 0 bridgehead atoms. The number of benzene rings is 1. The van der Waals surface area contributed by atoms with Crippen molar-refractivity contribution >= 4 is 12.0 Å². The van der Waals surface area contributed by atoms with E-state index in [0.29, 0.717) is 5.56 Å². The molecule has 1 aromatic carbocycles. The highest BCUT2D eigenvalue weighted by Gasteiger charge is 2.15. The zero-order valence-corrected chi connectivity index (χ0v) is 6.40. The molecule has 4 nitrogen and oxygen atoms in total. The molecule has 1 aromatic rings. The van der Waals surface area contributed by atoms with E-state index in [1.165, 1.54) is 12.4 Å². The molecule has 0 saturated carbocycles. The van der Waals surface area contributed by atoms with Crippen LogP contribution in [0, 0.1) is 17.0 Å². The van der Waals surface area contributed by atoms with Gasteiger partial charge in [0.15, 0.2) is 0 Å². The third kappa shape index (κ3) is 1.32. The van der Waals surface area contributed by atoms with Gasteiger partial charge in [-0.3, -0.25) is 14.9 Å². The van der Waals surface area contributed by atoms with Crippen molar-refractivity contribution in [1.82, 2.24) is 0 Å². The molecule has 1 rings (SSSR count). The van der Waals surface area contributed by atoms with Crippen LogP contribution < -0.4 is 0 Å². The Kier molecular flexibility index (Phi) is 2.19. The minimum absolute atomic E-state index is 0.000000000000000222. The molecule has 0 amide bonds. The summed E-state index contributed by atoms with van der Waals surface area (Å²) >= 11 is 0. The summed E-state index contributed by atoms with van der Waals surface area (Å²) in [6.45, 7) is 1.58. The molecule has 0 aliphatic carbocycles. The van der Waals surface area contributed by atoms with Crippen LogP contribution in [0.25, 0.3) is 0 Å². The van der Waals surface area contributed by atoms with E-state index in [1.807, 2.05) is 0 Å². The minimum atomic E-state index is -0.574. The van der Waals surface area contributed by atoms with Gasteiger partial charge in [0.25, 0.3) is 5.69 Å². The van der Waals surface area contributed by atoms with Crippen LogP contribution in [0.4, 0.5) is 5.69 Å². The Hall–Kier alpha value is -1.71. The van der Waals surface area contributed by atoms with Gasteiger partial charge in [-0.15, -0.1) is 0 Å². The number of nitro groups is 1. The molecule has 0 unspecified atom stereocenters. The standard InChI is InChI=1S/C8H6NO3/c1-6-3-2-4-7(5-10)8(6)9(11)12/h2-4H,1H3. The van der Waals surface area contributed by atoms with Crippen LogP contribution in [0.5, 0.6) is 0 Å². The number of para-hydroxylation sites is 1. The van der Waals surface area contributed by atoms with E-state index in [9.17, 15) is 14.9 Å². The summed E-state index contributed by atoms with van der Waals surface area (Å²) in [4.78, 5) is 20.1. The van der Waals surface area contributed by atoms with Crippen molar-refractivity contribution in [3.63, 3.8) is 0 Å². The van der Waals surface area contributed by atoms with E-state index >= 15 is 0 Å². The summed E-state index contributed by atoms with van der Waals surface area (Å²) in [6.07, 6.45) is 1.53. The lowest BCUT2D eigenvalue weighted by Crippen LogP contribution is -1.96. The van der Waals surface area contributed by atoms with Crippen molar-refractivity contribution in [1.29, 1.82) is 0 Å². The predicted molar refractivity (Wildman–Crippen MR) is 42.6 cm³/mol. The Balaban J connectivity index is 3.39. The van der Waals surface area contributed by atoms with Crippen molar-refractivity contribution in [2.75, 3.05) is 0 Å². The van der Waals surface area contributed by atoms with E-state index in [2.05, 4.69) is 0 Å². The van der Waals surface area contributed by atoms with Crippen LogP contribution in [-0.2, 0) is 4.79 Å². The Morgan fingerprint density at radius 2 is 2.17 bits per heavy atom. The third-order valence-corrected chi connectivity index (χ3v) is 1.53. The van der Waals surface area contributed by atoms with Gasteiger partial charge in [-0.2, -0.15) is 0 Å². The van der Waals surface area contributed by atoms with Crippen LogP contribution >= 0.6 is 0 Å². The number of hydrogen-bond donors (Lipinski definition) is 0. The zero-order valence-electron chi connectivity index (χ0n) is 6.40. The van der Waals surface area contributed by atoms with Crippen LogP contribution in [-0.4, -0.2) is 11.2 Å². The topological polar surface area (TPSA) is 60.2 Å². The molecule has 61 valence electrons. The smallest absolute Gasteiger partial charge is 0.283 e. The number of nitrogens with zero attached hydrogens (tertiary/aromatic N) is 1. The third-order valence-electron chi connectivity index (χ3n) is 1.53. The van der Waals surface area contributed by atoms with Gasteiger partial charge in [0, 0.05) is 5.56 Å². The Morgan fingerprint density at radius 1 is 1.50 bits per heavy atom. The van der Waals surface area contributed by atoms with Crippen molar-refractivity contribution in [3.05, 3.63) is 39.4 Å². The Bertz CT molecular complexity index is 333. The van der Waals surface area contributed by atoms with E-state index in [4.69, 9.17) is 0 Å². The molecule has 0 atom stereocenters. The first-order valence-corrected chi connectivity index (χ1v) is 3.29. The molecular formula is C8H6NO3. The summed E-state index contributed by atoms with van der Waals surface area (Å²) in [5, 5.41) is 10.4. The van der Waals surface area contributed by atoms with E-state index in [0.717, 1.165) is 0 Å². The maximum absolute atomic E-state index is 10.4. The predicted octanol–water partition coefficient (Wildman–Crippen LogP) is 1.36. The number of nitro benzene ring substituents is 1. The van der Waals surface area contributed by atoms with Crippen molar-refractivity contribution in [3.8, 4) is 0 Å². The van der Waals surface area contributed by atoms with Gasteiger partial charge >= 0.3 is 0 Å². The molecule has 12 heavy (non-hydrogen) atoms. The molecule has 0 fully saturated rings. The van der Waals surface area contributed by atoms with Gasteiger partial charge in [-0.1, -0.05) is 12.1 Å². The molecule has 4 heteroatoms. The van der Waals surface area contributed by atoms with Gasteiger partial charge in [0.2, 0.25) is 6.29 Å². The molecule has 0 spiro atoms. The molecule has 0 aliphatic heterocycles. The molecule has 0 saturated heterocycles. The first-order chi connectivity index (χ1) is 5.66. The molecule has 0 N–H and O–H groups in total. The first kappa shape index (κ1) is 8.39. The second-order valence-electron chi connectivity index (χ2n) is 2.33. The highest BCUT2D eigenvalue weighted by molar-refractivity contribution is 5.82. The maximum Gasteiger partial charge on any atom is 0.283 e. The summed E-state index contributed by atoms with van der Waals surface area (Å²) in [5.41, 5.74) is 0.313. The minimum Gasteiger partial charge on any atom is -0.285 e. The summed E-state index contributed by atoms with van der Waals surface area (Å²) in [6, 6.07) is 4.54. The summed E-state index contributed by atoms with van der Waals surface area (Å²) in [5.74, 6) is 0. The normalized spacial score (nSPS) is 9.42. The quantitative estimate of drug-likeness (QED) is 0.489. The van der Waals surface area contributed by atoms with E-state index in [1.54, 1.807) is 19.1 Å². The molecule has 0 heterocycles. The summed E-state index contributed by atoms with van der Waals surface area (Å²) in [7, 11) is 0. The lowest BCUT2D eigenvalue weighted by molar-refractivity contribution is -0.385. The maximum atomic E-state index is 10.4. The van der Waals surface area contributed by atoms with E-state index < -0.39 is 4.92 Å². The van der Waals surface area contributed by atoms with Gasteiger partial charge in [-0.25, -0.2) is 0 Å². The van der Waals surface area contributed by atoms with Gasteiger partial charge in [-0.05, 0) is 13.0 Å². The Labute approximate surface area is 69.0 Å². The van der Waals surface area contributed by atoms with Gasteiger partial charge in [0.1, 0.15) is 5.56 Å². The van der Waals surface area contributed by atoms with Crippen LogP contribution in [0.15, 0.2) is 18.2 Å². The lowest BCUT2D eigenvalue weighted by atomic mass is 10.1. The second-order valence-corrected chi connectivity index (χ2v) is 2.33. The molecular weight excluding hydrogens is 158 g/mol. The van der Waals surface area contributed by atoms with Crippen LogP contribution in [0.1, 0.15) is 11.1 Å². The second kappa shape index (κ2) is 3.13. The monoisotopic (exact) mass is 164 g/mol. The fourth-order valence-electron chi connectivity index (χ4n) is 0.984. The number of carbonyl (C=O) groups excluding carboxylic acids is 1. The largest absolute Gasteiger partial charge is 0.285 e. The first-order valence-electron chi connectivity index (χ1n) is 3.29. The van der Waals surface area contributed by atoms with Gasteiger partial charge in [0.05, 0.1) is 4.92 Å². The van der Waals surface area contributed by atoms with Crippen LogP contribution in [0.3, 0.4) is 0 Å². The summed E-state index contributed by atoms with van der Waals surface area (Å²) < 4.78 is 0.